The summed E-state index contributed by atoms with van der Waals surface area (Å²) >= 11 is 0.766. The molecule has 5 heterocycles. The number of alkyl halides is 2. The molecule has 1 saturated carbocycles. The van der Waals surface area contributed by atoms with Gasteiger partial charge in [0.15, 0.2) is 15.7 Å². The number of aliphatic hydroxyl groups excluding tert-OH is 1. The standard InChI is InChI=1S/C22H26F2N6O3S2/c1-22(4-5-22)28-35(32,33)15-8-16(30-13-2-3-14(30)7-12(6-13)11-31)19-25-9-17(29(19)10-15)20-26-27-21(34-20)18(23)24/h8-10,12-14,18,28,31H,2-7,11H2,1H3/t12?,13-,14+. The van der Waals surface area contributed by atoms with E-state index in [1.165, 1.54) is 12.4 Å². The monoisotopic (exact) mass is 524 g/mol. The van der Waals surface area contributed by atoms with Gasteiger partial charge in [-0.25, -0.2) is 26.9 Å². The Morgan fingerprint density at radius 2 is 1.97 bits per heavy atom. The van der Waals surface area contributed by atoms with Gasteiger partial charge in [0.25, 0.3) is 6.43 Å². The van der Waals surface area contributed by atoms with Crippen LogP contribution >= 0.6 is 11.3 Å². The van der Waals surface area contributed by atoms with Gasteiger partial charge < -0.3 is 10.0 Å². The number of anilines is 1. The summed E-state index contributed by atoms with van der Waals surface area (Å²) in [4.78, 5) is 6.92. The Morgan fingerprint density at radius 3 is 2.57 bits per heavy atom. The summed E-state index contributed by atoms with van der Waals surface area (Å²) < 4.78 is 57.5. The molecule has 13 heteroatoms. The first kappa shape index (κ1) is 23.2. The van der Waals surface area contributed by atoms with E-state index in [0.717, 1.165) is 49.9 Å². The number of piperidine rings is 1. The van der Waals surface area contributed by atoms with Gasteiger partial charge in [-0.05, 0) is 57.4 Å². The number of aliphatic hydroxyl groups is 1. The van der Waals surface area contributed by atoms with Gasteiger partial charge in [0, 0.05) is 30.4 Å². The van der Waals surface area contributed by atoms with E-state index in [2.05, 4.69) is 24.8 Å². The first-order valence-electron chi connectivity index (χ1n) is 11.7. The van der Waals surface area contributed by atoms with Crippen molar-refractivity contribution < 1.29 is 22.3 Å². The highest BCUT2D eigenvalue weighted by Gasteiger charge is 2.44. The molecule has 35 heavy (non-hydrogen) atoms. The minimum atomic E-state index is -3.84. The molecule has 2 bridgehead atoms. The summed E-state index contributed by atoms with van der Waals surface area (Å²) in [6.07, 6.45) is 5.41. The second-order valence-corrected chi connectivity index (χ2v) is 12.8. The van der Waals surface area contributed by atoms with Crippen LogP contribution in [0.5, 0.6) is 0 Å². The average molecular weight is 525 g/mol. The maximum atomic E-state index is 13.4. The van der Waals surface area contributed by atoms with E-state index in [1.807, 2.05) is 6.92 Å². The average Bonchev–Trinajstić information content (AvgIpc) is 3.17. The molecule has 2 saturated heterocycles. The number of fused-ring (bicyclic) bond motifs is 3. The van der Waals surface area contributed by atoms with Gasteiger partial charge in [0.2, 0.25) is 10.0 Å². The number of hydrogen-bond donors (Lipinski definition) is 2. The lowest BCUT2D eigenvalue weighted by Crippen LogP contribution is -2.44. The van der Waals surface area contributed by atoms with E-state index in [4.69, 9.17) is 0 Å². The molecule has 3 atom stereocenters. The zero-order valence-electron chi connectivity index (χ0n) is 19.1. The molecule has 0 amide bonds. The third-order valence-electron chi connectivity index (χ3n) is 7.47. The molecule has 9 nitrogen and oxygen atoms in total. The summed E-state index contributed by atoms with van der Waals surface area (Å²) in [5.41, 5.74) is 1.21. The fraction of sp³-hybridized carbons (Fsp3) is 0.591. The second-order valence-electron chi connectivity index (χ2n) is 10.1. The summed E-state index contributed by atoms with van der Waals surface area (Å²) in [5, 5.41) is 17.1. The van der Waals surface area contributed by atoms with Gasteiger partial charge in [-0.1, -0.05) is 11.3 Å². The number of imidazole rings is 1. The van der Waals surface area contributed by atoms with Crippen LogP contribution in [0.4, 0.5) is 14.5 Å². The van der Waals surface area contributed by atoms with E-state index in [-0.39, 0.29) is 34.5 Å². The van der Waals surface area contributed by atoms with Crippen molar-refractivity contribution in [3.8, 4) is 10.7 Å². The number of aromatic nitrogens is 4. The molecule has 6 rings (SSSR count). The van der Waals surface area contributed by atoms with Crippen LogP contribution in [0.2, 0.25) is 0 Å². The smallest absolute Gasteiger partial charge is 0.291 e. The lowest BCUT2D eigenvalue weighted by Gasteiger charge is -2.40. The first-order valence-corrected chi connectivity index (χ1v) is 14.0. The SMILES string of the molecule is CC1(NS(=O)(=O)c2cc(N3[C@@H]4CC[C@H]3CC(CO)C4)c3ncc(-c4nnc(C(F)F)s4)n3c2)CC1. The molecule has 3 aliphatic rings. The predicted molar refractivity (Wildman–Crippen MR) is 126 cm³/mol. The number of pyridine rings is 1. The summed E-state index contributed by atoms with van der Waals surface area (Å²) in [7, 11) is -3.84. The zero-order valence-corrected chi connectivity index (χ0v) is 20.7. The molecule has 3 aromatic heterocycles. The van der Waals surface area contributed by atoms with Crippen molar-refractivity contribution in [3.05, 3.63) is 23.5 Å². The van der Waals surface area contributed by atoms with Crippen molar-refractivity contribution in [3.63, 3.8) is 0 Å². The molecule has 3 fully saturated rings. The lowest BCUT2D eigenvalue weighted by atomic mass is 9.91. The Kier molecular flexibility index (Phi) is 5.40. The van der Waals surface area contributed by atoms with E-state index in [0.29, 0.717) is 17.0 Å². The minimum Gasteiger partial charge on any atom is -0.396 e. The number of nitrogens with one attached hydrogen (secondary N) is 1. The van der Waals surface area contributed by atoms with Gasteiger partial charge in [-0.2, -0.15) is 0 Å². The molecule has 1 unspecified atom stereocenters. The van der Waals surface area contributed by atoms with Gasteiger partial charge >= 0.3 is 0 Å². The molecular formula is C22H26F2N6O3S2. The summed E-state index contributed by atoms with van der Waals surface area (Å²) in [5.74, 6) is 0.229. The number of nitrogens with zero attached hydrogens (tertiary/aromatic N) is 5. The fourth-order valence-corrected chi connectivity index (χ4v) is 7.66. The van der Waals surface area contributed by atoms with Crippen LogP contribution in [0.15, 0.2) is 23.4 Å². The summed E-state index contributed by atoms with van der Waals surface area (Å²) in [6, 6.07) is 2.03. The van der Waals surface area contributed by atoms with Gasteiger partial charge in [0.05, 0.1) is 11.9 Å². The molecule has 1 aliphatic carbocycles. The van der Waals surface area contributed by atoms with Gasteiger partial charge in [0.1, 0.15) is 10.6 Å². The maximum absolute atomic E-state index is 13.4. The maximum Gasteiger partial charge on any atom is 0.291 e. The predicted octanol–water partition coefficient (Wildman–Crippen LogP) is 3.36. The Hall–Kier alpha value is -2.22. The molecule has 2 aliphatic heterocycles. The molecule has 188 valence electrons. The Balaban J connectivity index is 1.50. The highest BCUT2D eigenvalue weighted by atomic mass is 32.2. The minimum absolute atomic E-state index is 0.0923. The fourth-order valence-electron chi connectivity index (χ4n) is 5.47. The quantitative estimate of drug-likeness (QED) is 0.487. The number of sulfonamides is 1. The van der Waals surface area contributed by atoms with Gasteiger partial charge in [-0.3, -0.25) is 4.40 Å². The number of hydrogen-bond acceptors (Lipinski definition) is 8. The van der Waals surface area contributed by atoms with Crippen molar-refractivity contribution in [1.29, 1.82) is 0 Å². The van der Waals surface area contributed by atoms with Crippen molar-refractivity contribution in [2.75, 3.05) is 11.5 Å². The Bertz CT molecular complexity index is 1370. The van der Waals surface area contributed by atoms with Crippen LogP contribution in [0.3, 0.4) is 0 Å². The molecular weight excluding hydrogens is 498 g/mol. The third-order valence-corrected chi connectivity index (χ3v) is 10.0. The largest absolute Gasteiger partial charge is 0.396 e. The molecule has 0 spiro atoms. The van der Waals surface area contributed by atoms with E-state index in [1.54, 1.807) is 10.5 Å². The highest BCUT2D eigenvalue weighted by molar-refractivity contribution is 7.89. The number of rotatable bonds is 7. The first-order chi connectivity index (χ1) is 16.7. The molecule has 0 radical (unpaired) electrons. The van der Waals surface area contributed by atoms with Crippen molar-refractivity contribution in [1.82, 2.24) is 24.3 Å². The van der Waals surface area contributed by atoms with Crippen molar-refractivity contribution in [2.24, 2.45) is 5.92 Å². The topological polar surface area (TPSA) is 113 Å². The zero-order chi connectivity index (χ0) is 24.5. The van der Waals surface area contributed by atoms with E-state index >= 15 is 0 Å². The lowest BCUT2D eigenvalue weighted by molar-refractivity contribution is 0.150. The Labute approximate surface area is 205 Å². The molecule has 3 aromatic rings. The van der Waals surface area contributed by atoms with Gasteiger partial charge in [-0.15, -0.1) is 10.2 Å². The second kappa shape index (κ2) is 8.15. The van der Waals surface area contributed by atoms with Crippen LogP contribution in [0, 0.1) is 5.92 Å². The van der Waals surface area contributed by atoms with Crippen molar-refractivity contribution >= 4 is 32.7 Å². The third kappa shape index (κ3) is 4.02. The Morgan fingerprint density at radius 1 is 1.26 bits per heavy atom. The van der Waals surface area contributed by atoms with Crippen molar-refractivity contribution in [2.45, 2.75) is 74.4 Å². The van der Waals surface area contributed by atoms with E-state index < -0.39 is 27.0 Å². The summed E-state index contributed by atoms with van der Waals surface area (Å²) in [6.45, 7) is 2.02. The van der Waals surface area contributed by atoms with E-state index in [9.17, 15) is 22.3 Å². The van der Waals surface area contributed by atoms with Crippen LogP contribution in [-0.4, -0.2) is 57.3 Å². The van der Waals surface area contributed by atoms with Crippen LogP contribution < -0.4 is 9.62 Å². The highest BCUT2D eigenvalue weighted by Crippen LogP contribution is 2.44. The van der Waals surface area contributed by atoms with Crippen LogP contribution in [0.1, 0.15) is 56.9 Å². The van der Waals surface area contributed by atoms with Crippen LogP contribution in [0.25, 0.3) is 16.3 Å². The van der Waals surface area contributed by atoms with Crippen LogP contribution in [-0.2, 0) is 10.0 Å². The normalized spacial score (nSPS) is 25.6. The molecule has 2 N–H and O–H groups in total. The number of halogens is 2. The molecule has 0 aromatic carbocycles.